The molecule has 1 aliphatic heterocycles. The standard InChI is InChI=1S/C19H28N2O3.ClH/c1-23-17-6-8-18(9-7-17)24-15-10-19(22)21-13-11-20(12-14-21)16-4-2-3-5-16;/h6-9,16H,2-5,10-15H2,1H3;1H. The summed E-state index contributed by atoms with van der Waals surface area (Å²) in [5.74, 6) is 1.78. The summed E-state index contributed by atoms with van der Waals surface area (Å²) in [4.78, 5) is 16.9. The van der Waals surface area contributed by atoms with Gasteiger partial charge in [0.2, 0.25) is 5.91 Å². The Bertz CT molecular complexity index is 524. The molecule has 2 aliphatic rings. The van der Waals surface area contributed by atoms with E-state index in [0.717, 1.165) is 43.7 Å². The summed E-state index contributed by atoms with van der Waals surface area (Å²) in [6, 6.07) is 8.22. The Balaban J connectivity index is 0.00000225. The van der Waals surface area contributed by atoms with E-state index in [1.165, 1.54) is 25.7 Å². The average Bonchev–Trinajstić information content (AvgIpc) is 3.17. The Morgan fingerprint density at radius 3 is 2.24 bits per heavy atom. The van der Waals surface area contributed by atoms with Crippen LogP contribution in [0.2, 0.25) is 0 Å². The fourth-order valence-corrected chi connectivity index (χ4v) is 3.69. The van der Waals surface area contributed by atoms with Gasteiger partial charge >= 0.3 is 0 Å². The van der Waals surface area contributed by atoms with Crippen LogP contribution in [-0.4, -0.2) is 61.6 Å². The van der Waals surface area contributed by atoms with Crippen molar-refractivity contribution in [3.05, 3.63) is 24.3 Å². The monoisotopic (exact) mass is 368 g/mol. The molecule has 1 heterocycles. The number of carbonyl (C=O) groups is 1. The third-order valence-electron chi connectivity index (χ3n) is 5.15. The summed E-state index contributed by atoms with van der Waals surface area (Å²) < 4.78 is 10.8. The molecule has 0 aromatic heterocycles. The summed E-state index contributed by atoms with van der Waals surface area (Å²) in [7, 11) is 1.64. The van der Waals surface area contributed by atoms with Crippen molar-refractivity contribution in [3.8, 4) is 11.5 Å². The molecule has 0 atom stereocenters. The second-order valence-electron chi connectivity index (χ2n) is 6.63. The van der Waals surface area contributed by atoms with Gasteiger partial charge in [-0.2, -0.15) is 0 Å². The van der Waals surface area contributed by atoms with Gasteiger partial charge in [0.25, 0.3) is 0 Å². The van der Waals surface area contributed by atoms with Crippen molar-refractivity contribution in [3.63, 3.8) is 0 Å². The Kier molecular flexibility index (Phi) is 7.85. The first-order valence-electron chi connectivity index (χ1n) is 9.05. The van der Waals surface area contributed by atoms with Crippen LogP contribution in [0.5, 0.6) is 11.5 Å². The predicted molar refractivity (Wildman–Crippen MR) is 101 cm³/mol. The first-order valence-corrected chi connectivity index (χ1v) is 9.05. The number of hydrogen-bond acceptors (Lipinski definition) is 4. The smallest absolute Gasteiger partial charge is 0.226 e. The summed E-state index contributed by atoms with van der Waals surface area (Å²) in [5.41, 5.74) is 0. The van der Waals surface area contributed by atoms with Gasteiger partial charge in [-0.05, 0) is 37.1 Å². The molecule has 1 aromatic carbocycles. The molecule has 0 bridgehead atoms. The molecule has 1 saturated carbocycles. The van der Waals surface area contributed by atoms with E-state index in [2.05, 4.69) is 4.90 Å². The lowest BCUT2D eigenvalue weighted by Gasteiger charge is -2.38. The maximum absolute atomic E-state index is 12.3. The number of nitrogens with zero attached hydrogens (tertiary/aromatic N) is 2. The van der Waals surface area contributed by atoms with Gasteiger partial charge in [-0.15, -0.1) is 12.4 Å². The Morgan fingerprint density at radius 1 is 1.04 bits per heavy atom. The van der Waals surface area contributed by atoms with E-state index in [0.29, 0.717) is 13.0 Å². The third kappa shape index (κ3) is 5.51. The van der Waals surface area contributed by atoms with Crippen molar-refractivity contribution in [1.82, 2.24) is 9.80 Å². The molecule has 3 rings (SSSR count). The number of methoxy groups -OCH3 is 1. The average molecular weight is 369 g/mol. The van der Waals surface area contributed by atoms with E-state index in [9.17, 15) is 4.79 Å². The molecule has 1 saturated heterocycles. The number of amides is 1. The largest absolute Gasteiger partial charge is 0.497 e. The Labute approximate surface area is 156 Å². The number of ether oxygens (including phenoxy) is 2. The molecule has 0 N–H and O–H groups in total. The molecule has 1 amide bonds. The lowest BCUT2D eigenvalue weighted by atomic mass is 10.2. The van der Waals surface area contributed by atoms with Crippen molar-refractivity contribution < 1.29 is 14.3 Å². The molecule has 0 unspecified atom stereocenters. The normalized spacial score (nSPS) is 18.7. The van der Waals surface area contributed by atoms with Crippen LogP contribution in [0.15, 0.2) is 24.3 Å². The van der Waals surface area contributed by atoms with E-state index in [1.807, 2.05) is 29.2 Å². The fraction of sp³-hybridized carbons (Fsp3) is 0.632. The first-order chi connectivity index (χ1) is 11.8. The van der Waals surface area contributed by atoms with Crippen molar-refractivity contribution in [2.45, 2.75) is 38.1 Å². The van der Waals surface area contributed by atoms with Gasteiger partial charge in [0.05, 0.1) is 20.1 Å². The fourth-order valence-electron chi connectivity index (χ4n) is 3.69. The highest BCUT2D eigenvalue weighted by Gasteiger charge is 2.27. The first kappa shape index (κ1) is 19.9. The quantitative estimate of drug-likeness (QED) is 0.774. The van der Waals surface area contributed by atoms with E-state index in [4.69, 9.17) is 9.47 Å². The molecule has 1 aliphatic carbocycles. The van der Waals surface area contributed by atoms with Crippen LogP contribution in [-0.2, 0) is 4.79 Å². The highest BCUT2D eigenvalue weighted by molar-refractivity contribution is 5.85. The van der Waals surface area contributed by atoms with Crippen molar-refractivity contribution in [1.29, 1.82) is 0 Å². The minimum atomic E-state index is 0. The van der Waals surface area contributed by atoms with Gasteiger partial charge in [-0.1, -0.05) is 12.8 Å². The zero-order chi connectivity index (χ0) is 16.8. The lowest BCUT2D eigenvalue weighted by molar-refractivity contribution is -0.133. The van der Waals surface area contributed by atoms with Crippen LogP contribution in [0.3, 0.4) is 0 Å². The lowest BCUT2D eigenvalue weighted by Crippen LogP contribution is -2.51. The second kappa shape index (κ2) is 9.88. The Hall–Kier alpha value is -1.46. The van der Waals surface area contributed by atoms with Crippen LogP contribution in [0.1, 0.15) is 32.1 Å². The minimum absolute atomic E-state index is 0. The second-order valence-corrected chi connectivity index (χ2v) is 6.63. The molecule has 0 spiro atoms. The maximum Gasteiger partial charge on any atom is 0.226 e. The third-order valence-corrected chi connectivity index (χ3v) is 5.15. The molecule has 1 aromatic rings. The molecular formula is C19H29ClN2O3. The summed E-state index contributed by atoms with van der Waals surface area (Å²) in [5, 5.41) is 0. The molecule has 25 heavy (non-hydrogen) atoms. The summed E-state index contributed by atoms with van der Waals surface area (Å²) >= 11 is 0. The van der Waals surface area contributed by atoms with Gasteiger partial charge in [0.1, 0.15) is 11.5 Å². The van der Waals surface area contributed by atoms with E-state index in [1.54, 1.807) is 7.11 Å². The topological polar surface area (TPSA) is 42.0 Å². The molecule has 6 heteroatoms. The molecule has 2 fully saturated rings. The number of rotatable bonds is 6. The highest BCUT2D eigenvalue weighted by atomic mass is 35.5. The van der Waals surface area contributed by atoms with Crippen molar-refractivity contribution in [2.75, 3.05) is 39.9 Å². The van der Waals surface area contributed by atoms with Crippen molar-refractivity contribution >= 4 is 18.3 Å². The molecular weight excluding hydrogens is 340 g/mol. The highest BCUT2D eigenvalue weighted by Crippen LogP contribution is 2.24. The van der Waals surface area contributed by atoms with Gasteiger partial charge in [0.15, 0.2) is 0 Å². The van der Waals surface area contributed by atoms with Crippen LogP contribution < -0.4 is 9.47 Å². The number of benzene rings is 1. The number of piperazine rings is 1. The number of halogens is 1. The molecule has 140 valence electrons. The van der Waals surface area contributed by atoms with Gasteiger partial charge in [0, 0.05) is 32.2 Å². The van der Waals surface area contributed by atoms with Crippen LogP contribution in [0, 0.1) is 0 Å². The number of hydrogen-bond donors (Lipinski definition) is 0. The Morgan fingerprint density at radius 2 is 1.64 bits per heavy atom. The summed E-state index contributed by atoms with van der Waals surface area (Å²) in [6.45, 7) is 4.19. The van der Waals surface area contributed by atoms with Crippen LogP contribution >= 0.6 is 12.4 Å². The predicted octanol–water partition coefficient (Wildman–Crippen LogP) is 2.97. The SMILES string of the molecule is COc1ccc(OCCC(=O)N2CCN(C3CCCC3)CC2)cc1.Cl. The van der Waals surface area contributed by atoms with Crippen LogP contribution in [0.25, 0.3) is 0 Å². The zero-order valence-corrected chi connectivity index (χ0v) is 15.8. The van der Waals surface area contributed by atoms with E-state index >= 15 is 0 Å². The van der Waals surface area contributed by atoms with Gasteiger partial charge in [-0.3, -0.25) is 9.69 Å². The molecule has 0 radical (unpaired) electrons. The molecule has 5 nitrogen and oxygen atoms in total. The summed E-state index contributed by atoms with van der Waals surface area (Å²) in [6.07, 6.45) is 5.85. The number of carbonyl (C=O) groups excluding carboxylic acids is 1. The van der Waals surface area contributed by atoms with E-state index < -0.39 is 0 Å². The van der Waals surface area contributed by atoms with Crippen molar-refractivity contribution in [2.24, 2.45) is 0 Å². The zero-order valence-electron chi connectivity index (χ0n) is 15.0. The van der Waals surface area contributed by atoms with Gasteiger partial charge < -0.3 is 14.4 Å². The minimum Gasteiger partial charge on any atom is -0.497 e. The maximum atomic E-state index is 12.3. The van der Waals surface area contributed by atoms with E-state index in [-0.39, 0.29) is 18.3 Å². The van der Waals surface area contributed by atoms with Crippen LogP contribution in [0.4, 0.5) is 0 Å². The van der Waals surface area contributed by atoms with Gasteiger partial charge in [-0.25, -0.2) is 0 Å².